The number of ether oxygens (including phenoxy) is 2. The van der Waals surface area contributed by atoms with Gasteiger partial charge in [-0.15, -0.1) is 4.40 Å². The molecule has 1 heterocycles. The zero-order valence-electron chi connectivity index (χ0n) is 20.8. The van der Waals surface area contributed by atoms with Crippen LogP contribution in [0.25, 0.3) is 0 Å². The third-order valence-electron chi connectivity index (χ3n) is 6.17. The highest BCUT2D eigenvalue weighted by Crippen LogP contribution is 2.29. The molecule has 2 aromatic carbocycles. The molecule has 4 rings (SSSR count). The quantitative estimate of drug-likeness (QED) is 0.242. The first kappa shape index (κ1) is 26.3. The molecule has 2 aromatic rings. The second kappa shape index (κ2) is 11.5. The van der Waals surface area contributed by atoms with Gasteiger partial charge in [0.1, 0.15) is 4.90 Å². The Bertz CT molecular complexity index is 1330. The molecule has 1 aliphatic carbocycles. The van der Waals surface area contributed by atoms with Crippen LogP contribution in [-0.2, 0) is 19.6 Å². The maximum Gasteiger partial charge on any atom is 0.308 e. The van der Waals surface area contributed by atoms with Crippen LogP contribution >= 0.6 is 0 Å². The van der Waals surface area contributed by atoms with E-state index in [1.165, 1.54) is 37.7 Å². The minimum atomic E-state index is -3.88. The standard InChI is InChI=1S/C26H30N4O6S/c1-18(31)36-23-16-19(12-13-22(23)35-2)17-27-30(15-14-25(32)28-20-8-4-3-5-9-20)26-21-10-6-7-11-24(21)37(33,34)29-26/h6-7,10-13,16-17,20H,3-5,8-9,14-15H2,1-2H3,(H,28,32)/b27-17-. The summed E-state index contributed by atoms with van der Waals surface area (Å²) >= 11 is 0. The number of amidine groups is 1. The Morgan fingerprint density at radius 1 is 1.14 bits per heavy atom. The van der Waals surface area contributed by atoms with E-state index in [9.17, 15) is 18.0 Å². The van der Waals surface area contributed by atoms with Crippen molar-refractivity contribution in [2.45, 2.75) is 56.4 Å². The summed E-state index contributed by atoms with van der Waals surface area (Å²) < 4.78 is 39.7. The van der Waals surface area contributed by atoms with Gasteiger partial charge in [0, 0.05) is 24.9 Å². The molecule has 0 spiro atoms. The molecule has 1 aliphatic heterocycles. The predicted octanol–water partition coefficient (Wildman–Crippen LogP) is 3.24. The van der Waals surface area contributed by atoms with E-state index < -0.39 is 16.0 Å². The number of rotatable bonds is 8. The van der Waals surface area contributed by atoms with Crippen LogP contribution in [0.1, 0.15) is 56.6 Å². The molecule has 1 saturated carbocycles. The fourth-order valence-electron chi connectivity index (χ4n) is 4.39. The van der Waals surface area contributed by atoms with Gasteiger partial charge in [0.25, 0.3) is 10.0 Å². The van der Waals surface area contributed by atoms with Gasteiger partial charge < -0.3 is 14.8 Å². The molecule has 0 aromatic heterocycles. The van der Waals surface area contributed by atoms with E-state index in [-0.39, 0.29) is 41.4 Å². The molecule has 196 valence electrons. The van der Waals surface area contributed by atoms with Crippen LogP contribution in [-0.4, -0.2) is 57.0 Å². The summed E-state index contributed by atoms with van der Waals surface area (Å²) in [5.41, 5.74) is 0.992. The van der Waals surface area contributed by atoms with Crippen molar-refractivity contribution < 1.29 is 27.5 Å². The SMILES string of the molecule is COc1ccc(/C=N\N(CCC(=O)NC2CCCCC2)C2=NS(=O)(=O)c3ccccc32)cc1OC(C)=O. The zero-order valence-corrected chi connectivity index (χ0v) is 21.7. The summed E-state index contributed by atoms with van der Waals surface area (Å²) in [6.07, 6.45) is 6.92. The fourth-order valence-corrected chi connectivity index (χ4v) is 5.60. The highest BCUT2D eigenvalue weighted by atomic mass is 32.2. The zero-order chi connectivity index (χ0) is 26.4. The first-order valence-corrected chi connectivity index (χ1v) is 13.6. The topological polar surface area (TPSA) is 127 Å². The summed E-state index contributed by atoms with van der Waals surface area (Å²) in [6.45, 7) is 1.40. The lowest BCUT2D eigenvalue weighted by Crippen LogP contribution is -2.38. The van der Waals surface area contributed by atoms with Crippen LogP contribution < -0.4 is 14.8 Å². The highest BCUT2D eigenvalue weighted by molar-refractivity contribution is 7.90. The Morgan fingerprint density at radius 3 is 2.62 bits per heavy atom. The molecule has 0 atom stereocenters. The van der Waals surface area contributed by atoms with Crippen molar-refractivity contribution >= 4 is 33.9 Å². The van der Waals surface area contributed by atoms with Crippen LogP contribution in [0, 0.1) is 0 Å². The number of carbonyl (C=O) groups excluding carboxylic acids is 2. The normalized spacial score (nSPS) is 16.6. The second-order valence-corrected chi connectivity index (χ2v) is 10.5. The summed E-state index contributed by atoms with van der Waals surface area (Å²) in [6, 6.07) is 11.6. The van der Waals surface area contributed by atoms with Crippen molar-refractivity contribution in [3.63, 3.8) is 0 Å². The number of hydrogen-bond donors (Lipinski definition) is 1. The van der Waals surface area contributed by atoms with Gasteiger partial charge in [0.15, 0.2) is 17.3 Å². The minimum absolute atomic E-state index is 0.0958. The third-order valence-corrected chi connectivity index (χ3v) is 7.49. The van der Waals surface area contributed by atoms with Gasteiger partial charge in [-0.2, -0.15) is 13.5 Å². The van der Waals surface area contributed by atoms with Crippen molar-refractivity contribution in [3.8, 4) is 11.5 Å². The summed E-state index contributed by atoms with van der Waals surface area (Å²) in [7, 11) is -2.41. The lowest BCUT2D eigenvalue weighted by Gasteiger charge is -2.24. The summed E-state index contributed by atoms with van der Waals surface area (Å²) in [4.78, 5) is 24.3. The van der Waals surface area contributed by atoms with E-state index in [2.05, 4.69) is 14.8 Å². The highest BCUT2D eigenvalue weighted by Gasteiger charge is 2.32. The molecule has 10 nitrogen and oxygen atoms in total. The van der Waals surface area contributed by atoms with E-state index in [1.54, 1.807) is 36.4 Å². The fraction of sp³-hybridized carbons (Fsp3) is 0.385. The molecule has 11 heteroatoms. The van der Waals surface area contributed by atoms with Gasteiger partial charge in [-0.05, 0) is 48.7 Å². The number of fused-ring (bicyclic) bond motifs is 1. The van der Waals surface area contributed by atoms with Crippen LogP contribution in [0.2, 0.25) is 0 Å². The monoisotopic (exact) mass is 526 g/mol. The average molecular weight is 527 g/mol. The minimum Gasteiger partial charge on any atom is -0.493 e. The Kier molecular flexibility index (Phi) is 8.22. The van der Waals surface area contributed by atoms with Gasteiger partial charge in [0.2, 0.25) is 5.91 Å². The predicted molar refractivity (Wildman–Crippen MR) is 138 cm³/mol. The number of amides is 1. The number of benzene rings is 2. The van der Waals surface area contributed by atoms with Gasteiger partial charge in [-0.25, -0.2) is 5.01 Å². The van der Waals surface area contributed by atoms with Crippen LogP contribution in [0.3, 0.4) is 0 Å². The largest absolute Gasteiger partial charge is 0.493 e. The van der Waals surface area contributed by atoms with Crippen molar-refractivity contribution in [2.75, 3.05) is 13.7 Å². The van der Waals surface area contributed by atoms with Crippen molar-refractivity contribution in [2.24, 2.45) is 9.50 Å². The Labute approximate surface area is 216 Å². The Hall–Kier alpha value is -3.73. The maximum absolute atomic E-state index is 12.7. The number of nitrogens with one attached hydrogen (secondary N) is 1. The second-order valence-electron chi connectivity index (χ2n) is 8.91. The number of methoxy groups -OCH3 is 1. The molecule has 2 aliphatic rings. The smallest absolute Gasteiger partial charge is 0.308 e. The van der Waals surface area contributed by atoms with E-state index >= 15 is 0 Å². The number of hydrogen-bond acceptors (Lipinski definition) is 8. The molecule has 1 fully saturated rings. The number of hydrazone groups is 1. The molecule has 0 bridgehead atoms. The van der Waals surface area contributed by atoms with Gasteiger partial charge >= 0.3 is 5.97 Å². The van der Waals surface area contributed by atoms with E-state index in [0.29, 0.717) is 16.9 Å². The van der Waals surface area contributed by atoms with Crippen LogP contribution in [0.4, 0.5) is 0 Å². The van der Waals surface area contributed by atoms with Gasteiger partial charge in [0.05, 0.1) is 19.9 Å². The summed E-state index contributed by atoms with van der Waals surface area (Å²) in [5.74, 6) is 0.127. The van der Waals surface area contributed by atoms with Crippen molar-refractivity contribution in [1.82, 2.24) is 10.3 Å². The molecule has 0 saturated heterocycles. The van der Waals surface area contributed by atoms with Gasteiger partial charge in [-0.3, -0.25) is 9.59 Å². The first-order valence-electron chi connectivity index (χ1n) is 12.2. The molecular formula is C26H30N4O6S. The van der Waals surface area contributed by atoms with E-state index in [0.717, 1.165) is 25.7 Å². The number of nitrogens with zero attached hydrogens (tertiary/aromatic N) is 3. The molecule has 0 radical (unpaired) electrons. The lowest BCUT2D eigenvalue weighted by atomic mass is 9.95. The number of esters is 1. The Morgan fingerprint density at radius 2 is 1.89 bits per heavy atom. The third kappa shape index (κ3) is 6.53. The first-order chi connectivity index (χ1) is 17.8. The van der Waals surface area contributed by atoms with Crippen molar-refractivity contribution in [3.05, 3.63) is 53.6 Å². The van der Waals surface area contributed by atoms with Crippen molar-refractivity contribution in [1.29, 1.82) is 0 Å². The van der Waals surface area contributed by atoms with Crippen LogP contribution in [0.5, 0.6) is 11.5 Å². The van der Waals surface area contributed by atoms with E-state index in [4.69, 9.17) is 9.47 Å². The number of sulfonamides is 1. The summed E-state index contributed by atoms with van der Waals surface area (Å²) in [5, 5.41) is 8.98. The maximum atomic E-state index is 12.7. The van der Waals surface area contributed by atoms with Gasteiger partial charge in [-0.1, -0.05) is 31.4 Å². The van der Waals surface area contributed by atoms with Crippen LogP contribution in [0.15, 0.2) is 56.9 Å². The van der Waals surface area contributed by atoms with E-state index in [1.807, 2.05) is 0 Å². The Balaban J connectivity index is 1.59. The molecule has 0 unspecified atom stereocenters. The average Bonchev–Trinajstić information content (AvgIpc) is 3.15. The number of carbonyl (C=O) groups is 2. The molecule has 1 N–H and O–H groups in total. The molecule has 1 amide bonds. The molecule has 37 heavy (non-hydrogen) atoms. The molecular weight excluding hydrogens is 496 g/mol. The lowest BCUT2D eigenvalue weighted by molar-refractivity contribution is -0.132.